The molecule has 10 nitrogen and oxygen atoms in total. The molecule has 11 heteroatoms. The summed E-state index contributed by atoms with van der Waals surface area (Å²) in [6.45, 7) is 4.19. The number of para-hydroxylation sites is 1. The minimum absolute atomic E-state index is 0.105. The van der Waals surface area contributed by atoms with Gasteiger partial charge >= 0.3 is 0 Å². The van der Waals surface area contributed by atoms with E-state index in [0.29, 0.717) is 49.7 Å². The first kappa shape index (κ1) is 20.4. The van der Waals surface area contributed by atoms with Gasteiger partial charge in [-0.05, 0) is 25.1 Å². The van der Waals surface area contributed by atoms with Crippen LogP contribution in [-0.4, -0.2) is 83.9 Å². The van der Waals surface area contributed by atoms with Gasteiger partial charge in [0, 0.05) is 44.8 Å². The van der Waals surface area contributed by atoms with Gasteiger partial charge in [0.2, 0.25) is 5.17 Å². The zero-order chi connectivity index (χ0) is 21.5. The van der Waals surface area contributed by atoms with Gasteiger partial charge in [-0.3, -0.25) is 4.99 Å². The number of hydrogen-bond donors (Lipinski definition) is 2. The van der Waals surface area contributed by atoms with E-state index < -0.39 is 10.0 Å². The van der Waals surface area contributed by atoms with Crippen LogP contribution in [0.3, 0.4) is 0 Å². The van der Waals surface area contributed by atoms with Crippen LogP contribution >= 0.6 is 0 Å². The molecule has 0 amide bonds. The van der Waals surface area contributed by atoms with E-state index in [1.165, 1.54) is 4.31 Å². The van der Waals surface area contributed by atoms with E-state index in [-0.39, 0.29) is 22.8 Å². The fourth-order valence-electron chi connectivity index (χ4n) is 3.88. The Labute approximate surface area is 175 Å². The number of anilines is 2. The number of nitrogen functional groups attached to an aromatic ring is 1. The summed E-state index contributed by atoms with van der Waals surface area (Å²) in [4.78, 5) is 7.86. The van der Waals surface area contributed by atoms with Gasteiger partial charge in [-0.1, -0.05) is 12.1 Å². The summed E-state index contributed by atoms with van der Waals surface area (Å²) in [6.07, 6.45) is 0. The van der Waals surface area contributed by atoms with Gasteiger partial charge in [-0.25, -0.2) is 8.42 Å². The molecule has 0 radical (unpaired) electrons. The number of nitrogens with two attached hydrogens (primary N) is 1. The van der Waals surface area contributed by atoms with Crippen molar-refractivity contribution in [2.75, 3.05) is 50.4 Å². The molecule has 3 N–H and O–H groups in total. The fourth-order valence-corrected chi connectivity index (χ4v) is 5.69. The van der Waals surface area contributed by atoms with Crippen molar-refractivity contribution in [3.8, 4) is 17.0 Å². The quantitative estimate of drug-likeness (QED) is 0.722. The SMILES string of the molecule is C[C@@H]1CN(c2cc(-c3ccccc3O)nnc2N)CCN1S(=O)(=O)C1=NCCN1C. The highest BCUT2D eigenvalue weighted by Gasteiger charge is 2.39. The summed E-state index contributed by atoms with van der Waals surface area (Å²) in [5.41, 5.74) is 7.81. The molecule has 0 aliphatic carbocycles. The number of aliphatic imine (C=N–C) groups is 1. The molecular weight excluding hydrogens is 406 g/mol. The van der Waals surface area contributed by atoms with Gasteiger partial charge in [-0.15, -0.1) is 10.2 Å². The second kappa shape index (κ2) is 7.73. The van der Waals surface area contributed by atoms with E-state index in [0.717, 1.165) is 0 Å². The Morgan fingerprint density at radius 3 is 2.60 bits per heavy atom. The lowest BCUT2D eigenvalue weighted by molar-refractivity contribution is 0.310. The third-order valence-electron chi connectivity index (χ3n) is 5.44. The van der Waals surface area contributed by atoms with Crippen LogP contribution in [0.2, 0.25) is 0 Å². The average molecular weight is 432 g/mol. The molecule has 1 saturated heterocycles. The van der Waals surface area contributed by atoms with Gasteiger partial charge < -0.3 is 20.6 Å². The number of likely N-dealkylation sites (N-methyl/N-ethyl adjacent to an activating group) is 1. The van der Waals surface area contributed by atoms with Crippen LogP contribution in [0.5, 0.6) is 5.75 Å². The zero-order valence-corrected chi connectivity index (χ0v) is 17.7. The van der Waals surface area contributed by atoms with Gasteiger partial charge in [0.15, 0.2) is 5.82 Å². The summed E-state index contributed by atoms with van der Waals surface area (Å²) in [5, 5.41) is 18.4. The van der Waals surface area contributed by atoms with Crippen LogP contribution in [0.25, 0.3) is 11.3 Å². The largest absolute Gasteiger partial charge is 0.507 e. The van der Waals surface area contributed by atoms with Gasteiger partial charge in [0.25, 0.3) is 10.0 Å². The molecule has 1 aromatic carbocycles. The zero-order valence-electron chi connectivity index (χ0n) is 16.9. The number of phenols is 1. The first-order valence-electron chi connectivity index (χ1n) is 9.73. The highest BCUT2D eigenvalue weighted by molar-refractivity contribution is 8.04. The molecule has 1 fully saturated rings. The number of hydrogen-bond acceptors (Lipinski definition) is 9. The molecule has 30 heavy (non-hydrogen) atoms. The molecule has 0 unspecified atom stereocenters. The van der Waals surface area contributed by atoms with Crippen molar-refractivity contribution in [1.82, 2.24) is 19.4 Å². The molecule has 1 aromatic heterocycles. The monoisotopic (exact) mass is 431 g/mol. The van der Waals surface area contributed by atoms with Crippen LogP contribution in [0.1, 0.15) is 6.92 Å². The van der Waals surface area contributed by atoms with E-state index >= 15 is 0 Å². The van der Waals surface area contributed by atoms with E-state index in [1.807, 2.05) is 11.8 Å². The fraction of sp³-hybridized carbons (Fsp3) is 0.421. The van der Waals surface area contributed by atoms with Gasteiger partial charge in [0.05, 0.1) is 17.9 Å². The Balaban J connectivity index is 1.58. The van der Waals surface area contributed by atoms with Crippen molar-refractivity contribution in [1.29, 1.82) is 0 Å². The van der Waals surface area contributed by atoms with Crippen LogP contribution in [0.4, 0.5) is 11.5 Å². The number of rotatable bonds is 3. The molecular formula is C19H25N7O3S. The normalized spacial score (nSPS) is 20.5. The smallest absolute Gasteiger partial charge is 0.276 e. The molecule has 0 saturated carbocycles. The number of aromatic hydroxyl groups is 1. The first-order chi connectivity index (χ1) is 14.3. The second-order valence-electron chi connectivity index (χ2n) is 7.51. The lowest BCUT2D eigenvalue weighted by Gasteiger charge is -2.40. The topological polar surface area (TPSA) is 128 Å². The Bertz CT molecular complexity index is 1090. The van der Waals surface area contributed by atoms with Gasteiger partial charge in [0.1, 0.15) is 5.75 Å². The third-order valence-corrected chi connectivity index (χ3v) is 7.50. The highest BCUT2D eigenvalue weighted by atomic mass is 32.2. The summed E-state index contributed by atoms with van der Waals surface area (Å²) in [6, 6.07) is 8.39. The van der Waals surface area contributed by atoms with Crippen molar-refractivity contribution >= 4 is 26.7 Å². The Morgan fingerprint density at radius 2 is 1.93 bits per heavy atom. The van der Waals surface area contributed by atoms with Crippen LogP contribution in [0.15, 0.2) is 35.3 Å². The lowest BCUT2D eigenvalue weighted by Crippen LogP contribution is -2.56. The van der Waals surface area contributed by atoms with Crippen LogP contribution < -0.4 is 10.6 Å². The summed E-state index contributed by atoms with van der Waals surface area (Å²) >= 11 is 0. The number of piperazine rings is 1. The first-order valence-corrected chi connectivity index (χ1v) is 11.2. The number of nitrogens with zero attached hydrogens (tertiary/aromatic N) is 6. The number of sulfonamides is 1. The second-order valence-corrected chi connectivity index (χ2v) is 9.30. The molecule has 2 aliphatic heterocycles. The molecule has 2 aliphatic rings. The van der Waals surface area contributed by atoms with Crippen molar-refractivity contribution < 1.29 is 13.5 Å². The molecule has 2 aromatic rings. The van der Waals surface area contributed by atoms with E-state index in [9.17, 15) is 13.5 Å². The van der Waals surface area contributed by atoms with Gasteiger partial charge in [-0.2, -0.15) is 4.31 Å². The molecule has 160 valence electrons. The van der Waals surface area contributed by atoms with E-state index in [2.05, 4.69) is 15.2 Å². The summed E-state index contributed by atoms with van der Waals surface area (Å²) in [5.74, 6) is 0.367. The van der Waals surface area contributed by atoms with Crippen molar-refractivity contribution in [2.45, 2.75) is 13.0 Å². The molecule has 4 rings (SSSR count). The maximum atomic E-state index is 13.1. The molecule has 0 bridgehead atoms. The Kier molecular flexibility index (Phi) is 5.24. The predicted octanol–water partition coefficient (Wildman–Crippen LogP) is 0.573. The Hall–Kier alpha value is -2.92. The number of benzene rings is 1. The average Bonchev–Trinajstić information content (AvgIpc) is 3.15. The van der Waals surface area contributed by atoms with E-state index in [1.54, 1.807) is 42.3 Å². The standard InChI is InChI=1S/C19H25N7O3S/c1-13-12-25(9-10-26(13)30(28,29)19-21-7-8-24(19)2)16-11-15(22-23-18(16)20)14-5-3-4-6-17(14)27/h3-6,11,13,27H,7-10,12H2,1-2H3,(H2,20,23)/t13-/m1/s1. The van der Waals surface area contributed by atoms with Crippen LogP contribution in [0, 0.1) is 0 Å². The van der Waals surface area contributed by atoms with Crippen molar-refractivity contribution in [3.05, 3.63) is 30.3 Å². The molecule has 3 heterocycles. The summed E-state index contributed by atoms with van der Waals surface area (Å²) in [7, 11) is -1.90. The predicted molar refractivity (Wildman–Crippen MR) is 116 cm³/mol. The maximum absolute atomic E-state index is 13.1. The number of phenolic OH excluding ortho intramolecular Hbond substituents is 1. The van der Waals surface area contributed by atoms with Crippen molar-refractivity contribution in [3.63, 3.8) is 0 Å². The minimum Gasteiger partial charge on any atom is -0.507 e. The third kappa shape index (κ3) is 3.54. The maximum Gasteiger partial charge on any atom is 0.276 e. The highest BCUT2D eigenvalue weighted by Crippen LogP contribution is 2.32. The summed E-state index contributed by atoms with van der Waals surface area (Å²) < 4.78 is 27.6. The minimum atomic E-state index is -3.64. The molecule has 1 atom stereocenters. The number of amidine groups is 1. The van der Waals surface area contributed by atoms with E-state index in [4.69, 9.17) is 5.73 Å². The van der Waals surface area contributed by atoms with Crippen LogP contribution in [-0.2, 0) is 10.0 Å². The number of aromatic nitrogens is 2. The van der Waals surface area contributed by atoms with Crippen molar-refractivity contribution in [2.24, 2.45) is 4.99 Å². The Morgan fingerprint density at radius 1 is 1.17 bits per heavy atom. The lowest BCUT2D eigenvalue weighted by atomic mass is 10.1. The molecule has 0 spiro atoms.